The van der Waals surface area contributed by atoms with E-state index in [-0.39, 0.29) is 5.91 Å². The van der Waals surface area contributed by atoms with Gasteiger partial charge in [0.05, 0.1) is 11.7 Å². The van der Waals surface area contributed by atoms with E-state index in [0.717, 1.165) is 31.6 Å². The number of piperidine rings is 1. The van der Waals surface area contributed by atoms with Gasteiger partial charge in [-0.15, -0.1) is 0 Å². The maximum absolute atomic E-state index is 11.3. The highest BCUT2D eigenvalue weighted by Gasteiger charge is 2.23. The highest BCUT2D eigenvalue weighted by atomic mass is 16.2. The molecule has 0 bridgehead atoms. The normalized spacial score (nSPS) is 21.2. The van der Waals surface area contributed by atoms with Gasteiger partial charge < -0.3 is 4.90 Å². The van der Waals surface area contributed by atoms with Gasteiger partial charge in [-0.05, 0) is 32.3 Å². The van der Waals surface area contributed by atoms with Crippen LogP contribution in [0.3, 0.4) is 0 Å². The number of nitrogens with zero attached hydrogens (tertiary/aromatic N) is 3. The van der Waals surface area contributed by atoms with E-state index in [1.54, 1.807) is 6.92 Å². The third-order valence-electron chi connectivity index (χ3n) is 3.38. The van der Waals surface area contributed by atoms with E-state index in [4.69, 9.17) is 0 Å². The van der Waals surface area contributed by atoms with Crippen LogP contribution in [0.5, 0.6) is 0 Å². The van der Waals surface area contributed by atoms with Gasteiger partial charge in [-0.1, -0.05) is 0 Å². The molecule has 1 aliphatic heterocycles. The van der Waals surface area contributed by atoms with Crippen molar-refractivity contribution in [3.63, 3.8) is 0 Å². The Morgan fingerprint density at radius 1 is 1.50 bits per heavy atom. The van der Waals surface area contributed by atoms with E-state index in [1.807, 2.05) is 16.5 Å². The van der Waals surface area contributed by atoms with E-state index in [1.165, 1.54) is 5.56 Å². The average molecular weight is 221 g/mol. The first-order chi connectivity index (χ1) is 7.58. The predicted molar refractivity (Wildman–Crippen MR) is 62.2 cm³/mol. The molecule has 1 aliphatic rings. The van der Waals surface area contributed by atoms with Crippen LogP contribution in [0, 0.1) is 13.8 Å². The molecule has 1 aromatic heterocycles. The summed E-state index contributed by atoms with van der Waals surface area (Å²) in [7, 11) is 0. The van der Waals surface area contributed by atoms with Gasteiger partial charge >= 0.3 is 0 Å². The molecule has 0 aromatic carbocycles. The number of amides is 1. The van der Waals surface area contributed by atoms with Gasteiger partial charge in [0.15, 0.2) is 0 Å². The Kier molecular flexibility index (Phi) is 2.99. The van der Waals surface area contributed by atoms with Crippen molar-refractivity contribution in [2.24, 2.45) is 0 Å². The molecule has 0 radical (unpaired) electrons. The lowest BCUT2D eigenvalue weighted by molar-refractivity contribution is -0.130. The third-order valence-corrected chi connectivity index (χ3v) is 3.38. The molecule has 4 heteroatoms. The summed E-state index contributed by atoms with van der Waals surface area (Å²) in [6, 6.07) is 0.352. The lowest BCUT2D eigenvalue weighted by Gasteiger charge is -2.32. The smallest absolute Gasteiger partial charge is 0.219 e. The van der Waals surface area contributed by atoms with Gasteiger partial charge in [-0.2, -0.15) is 5.10 Å². The van der Waals surface area contributed by atoms with Crippen LogP contribution in [0.2, 0.25) is 0 Å². The molecule has 0 saturated carbocycles. The minimum Gasteiger partial charge on any atom is -0.341 e. The van der Waals surface area contributed by atoms with Crippen molar-refractivity contribution in [1.82, 2.24) is 14.7 Å². The lowest BCUT2D eigenvalue weighted by Crippen LogP contribution is -2.39. The van der Waals surface area contributed by atoms with E-state index in [9.17, 15) is 4.79 Å². The summed E-state index contributed by atoms with van der Waals surface area (Å²) in [6.07, 6.45) is 4.27. The lowest BCUT2D eigenvalue weighted by atomic mass is 10.1. The quantitative estimate of drug-likeness (QED) is 0.723. The number of rotatable bonds is 1. The number of carbonyl (C=O) groups excluding carboxylic acids is 1. The van der Waals surface area contributed by atoms with Crippen LogP contribution in [0.25, 0.3) is 0 Å². The molecular formula is C12H19N3O. The Bertz CT molecular complexity index is 377. The van der Waals surface area contributed by atoms with Gasteiger partial charge in [0.2, 0.25) is 5.91 Å². The van der Waals surface area contributed by atoms with E-state index in [2.05, 4.69) is 18.2 Å². The van der Waals surface area contributed by atoms with Crippen LogP contribution in [-0.2, 0) is 4.79 Å². The minimum atomic E-state index is 0.172. The fourth-order valence-corrected chi connectivity index (χ4v) is 2.22. The van der Waals surface area contributed by atoms with Crippen molar-refractivity contribution in [2.45, 2.75) is 39.7 Å². The molecule has 1 aromatic rings. The largest absolute Gasteiger partial charge is 0.341 e. The molecule has 1 atom stereocenters. The number of likely N-dealkylation sites (tertiary alicyclic amines) is 1. The first-order valence-electron chi connectivity index (χ1n) is 5.86. The van der Waals surface area contributed by atoms with Crippen molar-refractivity contribution in [3.05, 3.63) is 17.5 Å². The topological polar surface area (TPSA) is 38.1 Å². The Hall–Kier alpha value is -1.32. The predicted octanol–water partition coefficient (Wildman–Crippen LogP) is 1.68. The SMILES string of the molecule is CC(=O)N1CCCC(n2cc(C)c(C)n2)C1. The van der Waals surface area contributed by atoms with E-state index >= 15 is 0 Å². The number of carbonyl (C=O) groups is 1. The third kappa shape index (κ3) is 2.10. The molecule has 1 amide bonds. The maximum Gasteiger partial charge on any atom is 0.219 e. The maximum atomic E-state index is 11.3. The molecule has 4 nitrogen and oxygen atoms in total. The van der Waals surface area contributed by atoms with Crippen LogP contribution >= 0.6 is 0 Å². The molecule has 0 N–H and O–H groups in total. The van der Waals surface area contributed by atoms with Crippen LogP contribution in [0.4, 0.5) is 0 Å². The van der Waals surface area contributed by atoms with Crippen LogP contribution in [-0.4, -0.2) is 33.7 Å². The van der Waals surface area contributed by atoms with E-state index in [0.29, 0.717) is 6.04 Å². The zero-order valence-corrected chi connectivity index (χ0v) is 10.2. The molecule has 88 valence electrons. The van der Waals surface area contributed by atoms with Gasteiger partial charge in [-0.25, -0.2) is 0 Å². The first-order valence-corrected chi connectivity index (χ1v) is 5.86. The summed E-state index contributed by atoms with van der Waals surface area (Å²) in [5, 5.41) is 4.51. The molecule has 2 heterocycles. The summed E-state index contributed by atoms with van der Waals surface area (Å²) in [4.78, 5) is 13.3. The van der Waals surface area contributed by atoms with Gasteiger partial charge in [0.1, 0.15) is 0 Å². The Labute approximate surface area is 96.2 Å². The fourth-order valence-electron chi connectivity index (χ4n) is 2.22. The molecule has 0 aliphatic carbocycles. The second-order valence-electron chi connectivity index (χ2n) is 4.64. The van der Waals surface area contributed by atoms with Crippen LogP contribution < -0.4 is 0 Å². The summed E-state index contributed by atoms with van der Waals surface area (Å²) in [5.74, 6) is 0.172. The second kappa shape index (κ2) is 4.28. The minimum absolute atomic E-state index is 0.172. The Morgan fingerprint density at radius 2 is 2.25 bits per heavy atom. The fraction of sp³-hybridized carbons (Fsp3) is 0.667. The monoisotopic (exact) mass is 221 g/mol. The van der Waals surface area contributed by atoms with E-state index < -0.39 is 0 Å². The zero-order valence-electron chi connectivity index (χ0n) is 10.2. The summed E-state index contributed by atoms with van der Waals surface area (Å²) in [5.41, 5.74) is 2.31. The van der Waals surface area contributed by atoms with Crippen molar-refractivity contribution in [3.8, 4) is 0 Å². The standard InChI is InChI=1S/C12H19N3O/c1-9-7-15(13-10(9)2)12-5-4-6-14(8-12)11(3)16/h7,12H,4-6,8H2,1-3H3. The highest BCUT2D eigenvalue weighted by molar-refractivity contribution is 5.73. The molecule has 0 spiro atoms. The molecular weight excluding hydrogens is 202 g/mol. The molecule has 1 saturated heterocycles. The van der Waals surface area contributed by atoms with Crippen molar-refractivity contribution >= 4 is 5.91 Å². The zero-order chi connectivity index (χ0) is 11.7. The Balaban J connectivity index is 2.12. The molecule has 1 unspecified atom stereocenters. The van der Waals surface area contributed by atoms with Crippen molar-refractivity contribution in [2.75, 3.05) is 13.1 Å². The molecule has 2 rings (SSSR count). The summed E-state index contributed by atoms with van der Waals surface area (Å²) < 4.78 is 2.03. The number of hydrogen-bond donors (Lipinski definition) is 0. The van der Waals surface area contributed by atoms with Crippen molar-refractivity contribution < 1.29 is 4.79 Å². The van der Waals surface area contributed by atoms with Gasteiger partial charge in [0, 0.05) is 26.2 Å². The molecule has 1 fully saturated rings. The number of hydrogen-bond acceptors (Lipinski definition) is 2. The highest BCUT2D eigenvalue weighted by Crippen LogP contribution is 2.21. The first kappa shape index (κ1) is 11.2. The second-order valence-corrected chi connectivity index (χ2v) is 4.64. The van der Waals surface area contributed by atoms with Gasteiger partial charge in [0.25, 0.3) is 0 Å². The summed E-state index contributed by atoms with van der Waals surface area (Å²) in [6.45, 7) is 7.44. The Morgan fingerprint density at radius 3 is 2.81 bits per heavy atom. The van der Waals surface area contributed by atoms with Crippen LogP contribution in [0.15, 0.2) is 6.20 Å². The van der Waals surface area contributed by atoms with Gasteiger partial charge in [-0.3, -0.25) is 9.48 Å². The molecule has 16 heavy (non-hydrogen) atoms. The van der Waals surface area contributed by atoms with Crippen molar-refractivity contribution in [1.29, 1.82) is 0 Å². The van der Waals surface area contributed by atoms with Crippen LogP contribution in [0.1, 0.15) is 37.1 Å². The summed E-state index contributed by atoms with van der Waals surface area (Å²) >= 11 is 0. The average Bonchev–Trinajstić information content (AvgIpc) is 2.59. The number of aromatic nitrogens is 2. The number of aryl methyl sites for hydroxylation is 2.